The predicted octanol–water partition coefficient (Wildman–Crippen LogP) is 1.96. The van der Waals surface area contributed by atoms with E-state index in [0.29, 0.717) is 6.54 Å². The first kappa shape index (κ1) is 14.3. The molecule has 0 spiro atoms. The molecule has 0 aliphatic rings. The zero-order valence-corrected chi connectivity index (χ0v) is 10.7. The molecule has 0 saturated carbocycles. The summed E-state index contributed by atoms with van der Waals surface area (Å²) in [5.74, 6) is 0. The van der Waals surface area contributed by atoms with E-state index in [4.69, 9.17) is 0 Å². The monoisotopic (exact) mass is 222 g/mol. The maximum absolute atomic E-state index is 3.80. The molecule has 0 aliphatic carbocycles. The van der Waals surface area contributed by atoms with Crippen molar-refractivity contribution in [2.24, 2.45) is 4.99 Å². The molecule has 0 aromatic heterocycles. The molecule has 0 aliphatic heterocycles. The predicted molar refractivity (Wildman–Crippen MR) is 70.8 cm³/mol. The minimum atomic E-state index is 0.698. The summed E-state index contributed by atoms with van der Waals surface area (Å²) in [6.45, 7) is 11.9. The Labute approximate surface area is 98.6 Å². The van der Waals surface area contributed by atoms with Crippen LogP contribution in [0.5, 0.6) is 0 Å². The molecule has 4 heteroatoms. The Bertz CT molecular complexity index is 291. The number of hydrogen-bond acceptors (Lipinski definition) is 4. The number of likely N-dealkylation sites (N-methyl/N-ethyl adjacent to an activating group) is 1. The molecule has 0 amide bonds. The zero-order chi connectivity index (χ0) is 12.6. The number of aliphatic imine (C=N–C) groups is 1. The number of hydrogen-bond donors (Lipinski definition) is 1. The van der Waals surface area contributed by atoms with E-state index in [1.165, 1.54) is 0 Å². The fourth-order valence-electron chi connectivity index (χ4n) is 1.01. The minimum Gasteiger partial charge on any atom is -0.383 e. The standard InChI is InChI=1S/C12H22N4/c1-7-11(3)14-10-12(9-13-4)16(6)15(5)8-2/h7-9,14H,2,4,10H2,1,3,5-6H3/b11-7+,12-9-. The fourth-order valence-corrected chi connectivity index (χ4v) is 1.01. The Kier molecular flexibility index (Phi) is 6.76. The van der Waals surface area contributed by atoms with Crippen molar-refractivity contribution in [1.82, 2.24) is 15.3 Å². The molecule has 0 aromatic carbocycles. The molecule has 4 nitrogen and oxygen atoms in total. The SMILES string of the molecule is C=CN(C)N(C)/C(=C\N=C)CN/C(C)=C/C. The largest absolute Gasteiger partial charge is 0.383 e. The van der Waals surface area contributed by atoms with Gasteiger partial charge in [0.05, 0.1) is 12.2 Å². The van der Waals surface area contributed by atoms with E-state index >= 15 is 0 Å². The van der Waals surface area contributed by atoms with E-state index in [-0.39, 0.29) is 0 Å². The summed E-state index contributed by atoms with van der Waals surface area (Å²) < 4.78 is 0. The molecule has 16 heavy (non-hydrogen) atoms. The first-order valence-electron chi connectivity index (χ1n) is 5.17. The molecule has 0 saturated heterocycles. The molecule has 0 bridgehead atoms. The summed E-state index contributed by atoms with van der Waals surface area (Å²) in [7, 11) is 3.87. The van der Waals surface area contributed by atoms with Gasteiger partial charge in [0.1, 0.15) is 0 Å². The number of rotatable bonds is 7. The van der Waals surface area contributed by atoms with Crippen molar-refractivity contribution in [2.75, 3.05) is 20.6 Å². The van der Waals surface area contributed by atoms with Crippen LogP contribution in [0, 0.1) is 0 Å². The van der Waals surface area contributed by atoms with Crippen molar-refractivity contribution in [3.63, 3.8) is 0 Å². The van der Waals surface area contributed by atoms with Gasteiger partial charge < -0.3 is 5.32 Å². The smallest absolute Gasteiger partial charge is 0.0717 e. The van der Waals surface area contributed by atoms with Gasteiger partial charge in [-0.05, 0) is 20.6 Å². The van der Waals surface area contributed by atoms with Gasteiger partial charge in [-0.15, -0.1) is 0 Å². The number of nitrogens with zero attached hydrogens (tertiary/aromatic N) is 3. The maximum atomic E-state index is 3.80. The van der Waals surface area contributed by atoms with Crippen LogP contribution in [0.3, 0.4) is 0 Å². The van der Waals surface area contributed by atoms with Crippen LogP contribution in [0.15, 0.2) is 41.4 Å². The van der Waals surface area contributed by atoms with E-state index < -0.39 is 0 Å². The average Bonchev–Trinajstić information content (AvgIpc) is 2.31. The van der Waals surface area contributed by atoms with Crippen LogP contribution in [0.1, 0.15) is 13.8 Å². The third-order valence-corrected chi connectivity index (χ3v) is 2.37. The first-order valence-corrected chi connectivity index (χ1v) is 5.17. The molecule has 0 fully saturated rings. The third-order valence-electron chi connectivity index (χ3n) is 2.37. The normalized spacial score (nSPS) is 12.0. The lowest BCUT2D eigenvalue weighted by molar-refractivity contribution is 0.122. The number of nitrogens with one attached hydrogen (secondary N) is 1. The summed E-state index contributed by atoms with van der Waals surface area (Å²) in [6, 6.07) is 0. The second-order valence-electron chi connectivity index (χ2n) is 3.41. The lowest BCUT2D eigenvalue weighted by atomic mass is 10.4. The van der Waals surface area contributed by atoms with Crippen molar-refractivity contribution in [2.45, 2.75) is 13.8 Å². The second-order valence-corrected chi connectivity index (χ2v) is 3.41. The highest BCUT2D eigenvalue weighted by molar-refractivity contribution is 5.26. The quantitative estimate of drug-likeness (QED) is 0.528. The van der Waals surface area contributed by atoms with Gasteiger partial charge in [-0.25, -0.2) is 0 Å². The summed E-state index contributed by atoms with van der Waals surface area (Å²) in [4.78, 5) is 3.80. The number of allylic oxidation sites excluding steroid dienone is 2. The average molecular weight is 222 g/mol. The molecule has 0 atom stereocenters. The van der Waals surface area contributed by atoms with Gasteiger partial charge >= 0.3 is 0 Å². The van der Waals surface area contributed by atoms with Gasteiger partial charge in [0.15, 0.2) is 0 Å². The highest BCUT2D eigenvalue weighted by Crippen LogP contribution is 2.04. The van der Waals surface area contributed by atoms with Crippen LogP contribution in [-0.2, 0) is 0 Å². The summed E-state index contributed by atoms with van der Waals surface area (Å²) in [5, 5.41) is 7.11. The molecule has 0 heterocycles. The van der Waals surface area contributed by atoms with Crippen LogP contribution < -0.4 is 5.32 Å². The molecule has 0 radical (unpaired) electrons. The number of hydrazine groups is 1. The molecule has 0 unspecified atom stereocenters. The second kappa shape index (κ2) is 7.56. The van der Waals surface area contributed by atoms with Gasteiger partial charge in [-0.3, -0.25) is 15.0 Å². The Hall–Kier alpha value is -1.71. The van der Waals surface area contributed by atoms with Crippen molar-refractivity contribution < 1.29 is 0 Å². The van der Waals surface area contributed by atoms with Crippen molar-refractivity contribution in [3.8, 4) is 0 Å². The lowest BCUT2D eigenvalue weighted by Gasteiger charge is -2.30. The molecular formula is C12H22N4. The summed E-state index contributed by atoms with van der Waals surface area (Å²) >= 11 is 0. The van der Waals surface area contributed by atoms with Crippen molar-refractivity contribution >= 4 is 6.72 Å². The molecule has 90 valence electrons. The Balaban J connectivity index is 4.56. The summed E-state index contributed by atoms with van der Waals surface area (Å²) in [6.07, 6.45) is 5.49. The van der Waals surface area contributed by atoms with Gasteiger partial charge in [0, 0.05) is 32.2 Å². The van der Waals surface area contributed by atoms with Crippen LogP contribution >= 0.6 is 0 Å². The third kappa shape index (κ3) is 4.68. The molecule has 0 aromatic rings. The van der Waals surface area contributed by atoms with Gasteiger partial charge in [0.25, 0.3) is 0 Å². The Morgan fingerprint density at radius 3 is 2.50 bits per heavy atom. The molecule has 1 N–H and O–H groups in total. The highest BCUT2D eigenvalue weighted by Gasteiger charge is 2.06. The van der Waals surface area contributed by atoms with Gasteiger partial charge in [-0.1, -0.05) is 12.7 Å². The first-order chi connectivity index (χ1) is 7.56. The van der Waals surface area contributed by atoms with Crippen LogP contribution in [0.4, 0.5) is 0 Å². The Morgan fingerprint density at radius 1 is 1.44 bits per heavy atom. The van der Waals surface area contributed by atoms with Crippen molar-refractivity contribution in [1.29, 1.82) is 0 Å². The Morgan fingerprint density at radius 2 is 2.06 bits per heavy atom. The van der Waals surface area contributed by atoms with Crippen LogP contribution in [0.2, 0.25) is 0 Å². The van der Waals surface area contributed by atoms with E-state index in [1.54, 1.807) is 12.4 Å². The van der Waals surface area contributed by atoms with E-state index in [2.05, 4.69) is 23.6 Å². The topological polar surface area (TPSA) is 30.9 Å². The zero-order valence-electron chi connectivity index (χ0n) is 10.7. The van der Waals surface area contributed by atoms with Crippen molar-refractivity contribution in [3.05, 3.63) is 36.4 Å². The minimum absolute atomic E-state index is 0.698. The van der Waals surface area contributed by atoms with Crippen LogP contribution in [-0.4, -0.2) is 37.4 Å². The molecular weight excluding hydrogens is 200 g/mol. The lowest BCUT2D eigenvalue weighted by Crippen LogP contribution is -2.35. The molecule has 0 rings (SSSR count). The van der Waals surface area contributed by atoms with Crippen LogP contribution in [0.25, 0.3) is 0 Å². The van der Waals surface area contributed by atoms with E-state index in [9.17, 15) is 0 Å². The van der Waals surface area contributed by atoms with Gasteiger partial charge in [0.2, 0.25) is 0 Å². The summed E-state index contributed by atoms with van der Waals surface area (Å²) in [5.41, 5.74) is 2.14. The fraction of sp³-hybridized carbons (Fsp3) is 0.417. The highest BCUT2D eigenvalue weighted by atomic mass is 15.6. The van der Waals surface area contributed by atoms with Gasteiger partial charge in [-0.2, -0.15) is 0 Å². The van der Waals surface area contributed by atoms with E-state index in [1.807, 2.05) is 44.0 Å². The maximum Gasteiger partial charge on any atom is 0.0717 e. The van der Waals surface area contributed by atoms with E-state index in [0.717, 1.165) is 11.4 Å².